The van der Waals surface area contributed by atoms with E-state index in [-0.39, 0.29) is 5.91 Å². The normalized spacial score (nSPS) is 12.0. The Balaban J connectivity index is 1.86. The number of quaternary nitrogens is 1. The summed E-state index contributed by atoms with van der Waals surface area (Å²) in [5.41, 5.74) is 4.56. The van der Waals surface area contributed by atoms with Crippen LogP contribution in [0.15, 0.2) is 48.5 Å². The van der Waals surface area contributed by atoms with E-state index in [4.69, 9.17) is 0 Å². The molecule has 1 unspecified atom stereocenters. The quantitative estimate of drug-likeness (QED) is 0.864. The number of carbonyl (C=O) groups is 1. The largest absolute Gasteiger partial charge is 0.326 e. The highest BCUT2D eigenvalue weighted by atomic mass is 16.2. The van der Waals surface area contributed by atoms with E-state index in [9.17, 15) is 4.79 Å². The first-order valence-electron chi connectivity index (χ1n) is 7.26. The van der Waals surface area contributed by atoms with Crippen LogP contribution in [-0.4, -0.2) is 19.5 Å². The molecule has 3 nitrogen and oxygen atoms in total. The maximum absolute atomic E-state index is 12.0. The molecule has 0 aromatic heterocycles. The summed E-state index contributed by atoms with van der Waals surface area (Å²) < 4.78 is 0. The number of likely N-dealkylation sites (N-methyl/N-ethyl adjacent to an activating group) is 1. The fourth-order valence-corrected chi connectivity index (χ4v) is 2.35. The third-order valence-electron chi connectivity index (χ3n) is 3.39. The minimum atomic E-state index is 0.0454. The molecule has 0 heterocycles. The van der Waals surface area contributed by atoms with Crippen LogP contribution in [0, 0.1) is 13.8 Å². The van der Waals surface area contributed by atoms with Gasteiger partial charge < -0.3 is 10.2 Å². The SMILES string of the molecule is Cc1ccc(NC(=O)C[NH+](C)Cc2cccc(C)c2)cc1. The lowest BCUT2D eigenvalue weighted by atomic mass is 10.1. The van der Waals surface area contributed by atoms with Gasteiger partial charge in [-0.15, -0.1) is 0 Å². The van der Waals surface area contributed by atoms with E-state index < -0.39 is 0 Å². The van der Waals surface area contributed by atoms with Crippen molar-refractivity contribution in [3.05, 3.63) is 65.2 Å². The van der Waals surface area contributed by atoms with Gasteiger partial charge in [0.25, 0.3) is 5.91 Å². The summed E-state index contributed by atoms with van der Waals surface area (Å²) >= 11 is 0. The third-order valence-corrected chi connectivity index (χ3v) is 3.39. The van der Waals surface area contributed by atoms with E-state index in [1.807, 2.05) is 38.2 Å². The second-order valence-electron chi connectivity index (χ2n) is 5.71. The van der Waals surface area contributed by atoms with E-state index in [2.05, 4.69) is 36.5 Å². The molecule has 2 N–H and O–H groups in total. The standard InChI is InChI=1S/C18H22N2O/c1-14-7-9-17(10-8-14)19-18(21)13-20(3)12-16-6-4-5-15(2)11-16/h4-11H,12-13H2,1-3H3,(H,19,21)/p+1. The van der Waals surface area contributed by atoms with Crippen LogP contribution in [0.4, 0.5) is 5.69 Å². The molecule has 21 heavy (non-hydrogen) atoms. The van der Waals surface area contributed by atoms with Crippen LogP contribution in [0.1, 0.15) is 16.7 Å². The summed E-state index contributed by atoms with van der Waals surface area (Å²) in [6.07, 6.45) is 0. The van der Waals surface area contributed by atoms with E-state index in [1.54, 1.807) is 0 Å². The Hall–Kier alpha value is -2.13. The van der Waals surface area contributed by atoms with Gasteiger partial charge in [0.15, 0.2) is 6.54 Å². The zero-order chi connectivity index (χ0) is 15.2. The minimum Gasteiger partial charge on any atom is -0.326 e. The van der Waals surface area contributed by atoms with Crippen molar-refractivity contribution in [3.63, 3.8) is 0 Å². The van der Waals surface area contributed by atoms with Crippen molar-refractivity contribution in [3.8, 4) is 0 Å². The maximum atomic E-state index is 12.0. The predicted molar refractivity (Wildman–Crippen MR) is 86.4 cm³/mol. The molecule has 2 rings (SSSR count). The number of anilines is 1. The Morgan fingerprint density at radius 3 is 2.43 bits per heavy atom. The molecule has 0 saturated carbocycles. The van der Waals surface area contributed by atoms with Crippen LogP contribution in [0.25, 0.3) is 0 Å². The Morgan fingerprint density at radius 1 is 1.05 bits per heavy atom. The predicted octanol–water partition coefficient (Wildman–Crippen LogP) is 1.96. The summed E-state index contributed by atoms with van der Waals surface area (Å²) in [5.74, 6) is 0.0454. The van der Waals surface area contributed by atoms with E-state index >= 15 is 0 Å². The van der Waals surface area contributed by atoms with E-state index in [0.29, 0.717) is 6.54 Å². The molecule has 1 atom stereocenters. The van der Waals surface area contributed by atoms with E-state index in [1.165, 1.54) is 21.6 Å². The molecule has 0 radical (unpaired) electrons. The molecular formula is C18H23N2O+. The highest BCUT2D eigenvalue weighted by Crippen LogP contribution is 2.07. The van der Waals surface area contributed by atoms with Crippen LogP contribution in [0.5, 0.6) is 0 Å². The summed E-state index contributed by atoms with van der Waals surface area (Å²) in [6.45, 7) is 5.43. The molecule has 0 aliphatic rings. The van der Waals surface area contributed by atoms with Crippen molar-refractivity contribution in [1.82, 2.24) is 0 Å². The lowest BCUT2D eigenvalue weighted by Gasteiger charge is -2.14. The lowest BCUT2D eigenvalue weighted by Crippen LogP contribution is -3.08. The number of rotatable bonds is 5. The Kier molecular flexibility index (Phi) is 5.12. The van der Waals surface area contributed by atoms with Crippen molar-refractivity contribution in [2.75, 3.05) is 18.9 Å². The van der Waals surface area contributed by atoms with Gasteiger partial charge in [0.05, 0.1) is 7.05 Å². The number of aryl methyl sites for hydroxylation is 2. The third kappa shape index (κ3) is 5.04. The van der Waals surface area contributed by atoms with E-state index in [0.717, 1.165) is 12.2 Å². The van der Waals surface area contributed by atoms with Crippen LogP contribution >= 0.6 is 0 Å². The van der Waals surface area contributed by atoms with Gasteiger partial charge in [-0.05, 0) is 26.0 Å². The van der Waals surface area contributed by atoms with Crippen LogP contribution in [0.3, 0.4) is 0 Å². The second-order valence-corrected chi connectivity index (χ2v) is 5.71. The average Bonchev–Trinajstić information content (AvgIpc) is 2.41. The molecule has 0 fully saturated rings. The lowest BCUT2D eigenvalue weighted by molar-refractivity contribution is -0.885. The Labute approximate surface area is 126 Å². The number of nitrogens with one attached hydrogen (secondary N) is 2. The topological polar surface area (TPSA) is 33.5 Å². The molecule has 2 aromatic rings. The molecule has 110 valence electrons. The van der Waals surface area contributed by atoms with Gasteiger partial charge >= 0.3 is 0 Å². The van der Waals surface area contributed by atoms with Crippen molar-refractivity contribution in [1.29, 1.82) is 0 Å². The van der Waals surface area contributed by atoms with Gasteiger partial charge in [-0.3, -0.25) is 4.79 Å². The first-order chi connectivity index (χ1) is 10.0. The first-order valence-corrected chi connectivity index (χ1v) is 7.26. The van der Waals surface area contributed by atoms with Crippen LogP contribution < -0.4 is 10.2 Å². The van der Waals surface area contributed by atoms with Crippen molar-refractivity contribution >= 4 is 11.6 Å². The fourth-order valence-electron chi connectivity index (χ4n) is 2.35. The molecule has 3 heteroatoms. The van der Waals surface area contributed by atoms with Crippen LogP contribution in [0.2, 0.25) is 0 Å². The summed E-state index contributed by atoms with van der Waals surface area (Å²) in [4.78, 5) is 13.2. The minimum absolute atomic E-state index is 0.0454. The van der Waals surface area contributed by atoms with Gasteiger partial charge in [-0.2, -0.15) is 0 Å². The number of carbonyl (C=O) groups excluding carboxylic acids is 1. The smallest absolute Gasteiger partial charge is 0.279 e. The fraction of sp³-hybridized carbons (Fsp3) is 0.278. The number of hydrogen-bond donors (Lipinski definition) is 2. The summed E-state index contributed by atoms with van der Waals surface area (Å²) in [7, 11) is 2.04. The summed E-state index contributed by atoms with van der Waals surface area (Å²) in [6, 6.07) is 16.3. The van der Waals surface area contributed by atoms with Gasteiger partial charge in [0.1, 0.15) is 6.54 Å². The molecule has 0 aliphatic carbocycles. The first kappa shape index (κ1) is 15.3. The Morgan fingerprint density at radius 2 is 1.76 bits per heavy atom. The molecular weight excluding hydrogens is 260 g/mol. The second kappa shape index (κ2) is 7.04. The van der Waals surface area contributed by atoms with Gasteiger partial charge in [0.2, 0.25) is 0 Å². The summed E-state index contributed by atoms with van der Waals surface area (Å²) in [5, 5.41) is 2.94. The maximum Gasteiger partial charge on any atom is 0.279 e. The van der Waals surface area contributed by atoms with Gasteiger partial charge in [-0.25, -0.2) is 0 Å². The van der Waals surface area contributed by atoms with Crippen molar-refractivity contribution in [2.24, 2.45) is 0 Å². The molecule has 0 saturated heterocycles. The Bertz CT molecular complexity index is 605. The van der Waals surface area contributed by atoms with Crippen molar-refractivity contribution in [2.45, 2.75) is 20.4 Å². The van der Waals surface area contributed by atoms with Gasteiger partial charge in [0, 0.05) is 11.3 Å². The number of hydrogen-bond acceptors (Lipinski definition) is 1. The van der Waals surface area contributed by atoms with Crippen molar-refractivity contribution < 1.29 is 9.69 Å². The molecule has 0 aliphatic heterocycles. The highest BCUT2D eigenvalue weighted by molar-refractivity contribution is 5.91. The zero-order valence-corrected chi connectivity index (χ0v) is 12.9. The number of benzene rings is 2. The monoisotopic (exact) mass is 283 g/mol. The molecule has 0 bridgehead atoms. The molecule has 0 spiro atoms. The number of amides is 1. The average molecular weight is 283 g/mol. The van der Waals surface area contributed by atoms with Crippen LogP contribution in [-0.2, 0) is 11.3 Å². The molecule has 1 amide bonds. The molecule has 2 aromatic carbocycles. The highest BCUT2D eigenvalue weighted by Gasteiger charge is 2.10. The van der Waals surface area contributed by atoms with Gasteiger partial charge in [-0.1, -0.05) is 47.5 Å². The zero-order valence-electron chi connectivity index (χ0n) is 12.9.